The quantitative estimate of drug-likeness (QED) is 0.278. The van der Waals surface area contributed by atoms with Gasteiger partial charge in [0, 0.05) is 0 Å². The summed E-state index contributed by atoms with van der Waals surface area (Å²) in [4.78, 5) is 14.9. The summed E-state index contributed by atoms with van der Waals surface area (Å²) in [5, 5.41) is 10.7. The normalized spacial score (nSPS) is 11.3. The molecule has 3 aromatic carbocycles. The number of aliphatic imine (C=N–C) groups is 1. The molecule has 0 unspecified atom stereocenters. The second-order valence-corrected chi connectivity index (χ2v) is 6.32. The van der Waals surface area contributed by atoms with Crippen LogP contribution in [0.2, 0.25) is 0 Å². The Morgan fingerprint density at radius 3 is 2.24 bits per heavy atom. The van der Waals surface area contributed by atoms with Crippen molar-refractivity contribution in [2.75, 3.05) is 0 Å². The third-order valence-corrected chi connectivity index (χ3v) is 4.43. The molecule has 1 radical (unpaired) electrons. The van der Waals surface area contributed by atoms with Crippen LogP contribution in [-0.2, 0) is 6.42 Å². The van der Waals surface area contributed by atoms with Gasteiger partial charge in [0.15, 0.2) is 0 Å². The number of nitro benzene ring substituents is 1. The van der Waals surface area contributed by atoms with Crippen LogP contribution in [0.25, 0.3) is 0 Å². The monoisotopic (exact) mass is 395 g/mol. The van der Waals surface area contributed by atoms with Crippen LogP contribution in [-0.4, -0.2) is 25.5 Å². The summed E-state index contributed by atoms with van der Waals surface area (Å²) in [7, 11) is 0. The zero-order valence-electron chi connectivity index (χ0n) is 13.3. The van der Waals surface area contributed by atoms with Crippen LogP contribution in [0.4, 0.5) is 11.4 Å². The molecular weight excluding hydrogens is 379 g/mol. The van der Waals surface area contributed by atoms with Gasteiger partial charge in [0.25, 0.3) is 0 Å². The zero-order chi connectivity index (χ0) is 17.6. The molecule has 0 saturated heterocycles. The molecule has 0 saturated carbocycles. The van der Waals surface area contributed by atoms with Crippen molar-refractivity contribution < 1.29 is 4.92 Å². The van der Waals surface area contributed by atoms with E-state index in [0.29, 0.717) is 5.69 Å². The first-order valence-corrected chi connectivity index (χ1v) is 8.61. The van der Waals surface area contributed by atoms with Gasteiger partial charge in [-0.3, -0.25) is 0 Å². The molecule has 0 aliphatic heterocycles. The molecule has 0 heterocycles. The Labute approximate surface area is 154 Å². The molecule has 0 spiro atoms. The predicted molar refractivity (Wildman–Crippen MR) is 101 cm³/mol. The number of nitrogens with zero attached hydrogens (tertiary/aromatic N) is 2. The molecule has 0 fully saturated rings. The van der Waals surface area contributed by atoms with Gasteiger partial charge in [-0.25, -0.2) is 0 Å². The molecule has 5 heteroatoms. The SMILES string of the molecule is O=[N+]([O-])c1ccc(N=C([Se])c2ccccc2Cc2ccccc2)cc1. The molecule has 0 aliphatic carbocycles. The van der Waals surface area contributed by atoms with Gasteiger partial charge < -0.3 is 0 Å². The van der Waals surface area contributed by atoms with Crippen LogP contribution in [0.3, 0.4) is 0 Å². The molecule has 0 bridgehead atoms. The maximum absolute atomic E-state index is 10.7. The van der Waals surface area contributed by atoms with E-state index >= 15 is 0 Å². The van der Waals surface area contributed by atoms with Gasteiger partial charge in [-0.05, 0) is 0 Å². The molecule has 3 aromatic rings. The Balaban J connectivity index is 1.89. The van der Waals surface area contributed by atoms with Crippen molar-refractivity contribution in [1.29, 1.82) is 0 Å². The summed E-state index contributed by atoms with van der Waals surface area (Å²) in [5.74, 6) is 0. The molecule has 0 atom stereocenters. The van der Waals surface area contributed by atoms with Crippen LogP contribution in [0.1, 0.15) is 16.7 Å². The van der Waals surface area contributed by atoms with E-state index in [2.05, 4.69) is 39.2 Å². The Bertz CT molecular complexity index is 906. The summed E-state index contributed by atoms with van der Waals surface area (Å²) in [6, 6.07) is 24.6. The Hall–Kier alpha value is -2.75. The topological polar surface area (TPSA) is 55.5 Å². The number of non-ortho nitro benzene ring substituents is 1. The van der Waals surface area contributed by atoms with E-state index in [4.69, 9.17) is 0 Å². The predicted octanol–water partition coefficient (Wildman–Crippen LogP) is 4.43. The van der Waals surface area contributed by atoms with Gasteiger partial charge in [-0.15, -0.1) is 0 Å². The van der Waals surface area contributed by atoms with Crippen molar-refractivity contribution in [1.82, 2.24) is 0 Å². The van der Waals surface area contributed by atoms with Crippen molar-refractivity contribution in [2.24, 2.45) is 4.99 Å². The molecule has 25 heavy (non-hydrogen) atoms. The molecule has 3 rings (SSSR count). The molecule has 0 aromatic heterocycles. The van der Waals surface area contributed by atoms with Crippen molar-refractivity contribution in [3.63, 3.8) is 0 Å². The van der Waals surface area contributed by atoms with Crippen LogP contribution in [0.5, 0.6) is 0 Å². The molecule has 123 valence electrons. The summed E-state index contributed by atoms with van der Waals surface area (Å²) in [6.45, 7) is 0. The fourth-order valence-corrected chi connectivity index (χ4v) is 3.16. The van der Waals surface area contributed by atoms with Crippen molar-refractivity contribution >= 4 is 32.0 Å². The summed E-state index contributed by atoms with van der Waals surface area (Å²) >= 11 is 3.02. The number of rotatable bonds is 5. The van der Waals surface area contributed by atoms with E-state index in [1.807, 2.05) is 36.4 Å². The van der Waals surface area contributed by atoms with Gasteiger partial charge in [-0.2, -0.15) is 0 Å². The minimum absolute atomic E-state index is 0.0602. The van der Waals surface area contributed by atoms with Gasteiger partial charge in [-0.1, -0.05) is 0 Å². The van der Waals surface area contributed by atoms with E-state index < -0.39 is 4.92 Å². The average Bonchev–Trinajstić information content (AvgIpc) is 2.63. The van der Waals surface area contributed by atoms with E-state index in [0.717, 1.165) is 16.6 Å². The van der Waals surface area contributed by atoms with E-state index in [9.17, 15) is 10.1 Å². The zero-order valence-corrected chi connectivity index (χ0v) is 15.0. The van der Waals surface area contributed by atoms with Gasteiger partial charge in [0.1, 0.15) is 0 Å². The van der Waals surface area contributed by atoms with Crippen molar-refractivity contribution in [3.8, 4) is 0 Å². The molecular formula is C20H15N2O2Se. The number of hydrogen-bond acceptors (Lipinski definition) is 3. The fourth-order valence-electron chi connectivity index (χ4n) is 2.53. The second-order valence-electron chi connectivity index (χ2n) is 5.51. The first-order chi connectivity index (χ1) is 12.1. The Morgan fingerprint density at radius 2 is 1.56 bits per heavy atom. The third-order valence-electron chi connectivity index (χ3n) is 3.78. The Kier molecular flexibility index (Phi) is 5.39. The molecule has 0 N–H and O–H groups in total. The van der Waals surface area contributed by atoms with Crippen molar-refractivity contribution in [3.05, 3.63) is 106 Å². The summed E-state index contributed by atoms with van der Waals surface area (Å²) in [6.07, 6.45) is 0.817. The van der Waals surface area contributed by atoms with Crippen LogP contribution in [0.15, 0.2) is 83.9 Å². The molecule has 4 nitrogen and oxygen atoms in total. The third kappa shape index (κ3) is 4.41. The summed E-state index contributed by atoms with van der Waals surface area (Å²) in [5.41, 5.74) is 4.18. The fraction of sp³-hybridized carbons (Fsp3) is 0.0500. The van der Waals surface area contributed by atoms with Crippen LogP contribution < -0.4 is 0 Å². The standard InChI is InChI=1S/C20H15N2O2Se/c23-22(24)18-12-10-17(11-13-18)21-20(25)19-9-5-4-8-16(19)14-15-6-2-1-3-7-15/h1-13H,14H2. The number of benzene rings is 3. The number of nitro groups is 1. The van der Waals surface area contributed by atoms with E-state index in [1.54, 1.807) is 12.1 Å². The first-order valence-electron chi connectivity index (χ1n) is 7.76. The molecule has 0 aliphatic rings. The number of hydrogen-bond donors (Lipinski definition) is 0. The van der Waals surface area contributed by atoms with E-state index in [1.165, 1.54) is 23.3 Å². The minimum atomic E-state index is -0.415. The maximum atomic E-state index is 10.7. The first kappa shape index (κ1) is 17.1. The van der Waals surface area contributed by atoms with E-state index in [-0.39, 0.29) is 5.69 Å². The van der Waals surface area contributed by atoms with Crippen molar-refractivity contribution in [2.45, 2.75) is 6.42 Å². The molecule has 0 amide bonds. The van der Waals surface area contributed by atoms with Crippen LogP contribution >= 0.6 is 0 Å². The van der Waals surface area contributed by atoms with Gasteiger partial charge >= 0.3 is 154 Å². The van der Waals surface area contributed by atoms with Gasteiger partial charge in [0.05, 0.1) is 0 Å². The Morgan fingerprint density at radius 1 is 0.920 bits per heavy atom. The summed E-state index contributed by atoms with van der Waals surface area (Å²) < 4.78 is 0.764. The van der Waals surface area contributed by atoms with Crippen LogP contribution in [0, 0.1) is 10.1 Å². The van der Waals surface area contributed by atoms with Gasteiger partial charge in [0.2, 0.25) is 0 Å². The average molecular weight is 394 g/mol. The second kappa shape index (κ2) is 7.88.